The van der Waals surface area contributed by atoms with E-state index in [0.29, 0.717) is 16.5 Å². The summed E-state index contributed by atoms with van der Waals surface area (Å²) >= 11 is 8.88. The smallest absolute Gasteiger partial charge is 0.237 e. The molecule has 1 amide bonds. The number of thioether (sulfide) groups is 1. The van der Waals surface area contributed by atoms with Crippen LogP contribution >= 0.6 is 34.7 Å². The minimum atomic E-state index is -0.279. The number of benzene rings is 1. The lowest BCUT2D eigenvalue weighted by Crippen LogP contribution is -2.22. The minimum absolute atomic E-state index is 0.117. The highest BCUT2D eigenvalue weighted by atomic mass is 35.5. The molecular weight excluding hydrogens is 330 g/mol. The fraction of sp³-hybridized carbons (Fsp3) is 0.308. The highest BCUT2D eigenvalue weighted by molar-refractivity contribution is 8.02. The van der Waals surface area contributed by atoms with Crippen LogP contribution in [0.5, 0.6) is 5.75 Å². The van der Waals surface area contributed by atoms with Gasteiger partial charge in [-0.3, -0.25) is 4.79 Å². The van der Waals surface area contributed by atoms with Crippen LogP contribution in [0.1, 0.15) is 11.9 Å². The molecule has 0 bridgehead atoms. The Kier molecular flexibility index (Phi) is 5.44. The van der Waals surface area contributed by atoms with E-state index in [2.05, 4.69) is 15.5 Å². The van der Waals surface area contributed by atoms with Crippen molar-refractivity contribution in [3.63, 3.8) is 0 Å². The molecule has 0 saturated carbocycles. The maximum absolute atomic E-state index is 12.1. The SMILES string of the molecule is COc1ccc(NC(=O)[C@@H](C)Sc2nnc(C)s2)cc1Cl. The first-order valence-electron chi connectivity index (χ1n) is 6.10. The average molecular weight is 344 g/mol. The lowest BCUT2D eigenvalue weighted by Gasteiger charge is -2.11. The van der Waals surface area contributed by atoms with E-state index in [1.165, 1.54) is 23.1 Å². The Morgan fingerprint density at radius 2 is 2.24 bits per heavy atom. The van der Waals surface area contributed by atoms with Gasteiger partial charge in [-0.2, -0.15) is 0 Å². The zero-order chi connectivity index (χ0) is 15.4. The summed E-state index contributed by atoms with van der Waals surface area (Å²) in [4.78, 5) is 12.1. The topological polar surface area (TPSA) is 64.1 Å². The van der Waals surface area contributed by atoms with E-state index in [9.17, 15) is 4.79 Å². The molecular formula is C13H14ClN3O2S2. The summed E-state index contributed by atoms with van der Waals surface area (Å²) in [5, 5.41) is 11.8. The second-order valence-electron chi connectivity index (χ2n) is 4.19. The lowest BCUT2D eigenvalue weighted by molar-refractivity contribution is -0.115. The minimum Gasteiger partial charge on any atom is -0.495 e. The first-order valence-corrected chi connectivity index (χ1v) is 8.18. The van der Waals surface area contributed by atoms with Crippen molar-refractivity contribution in [2.45, 2.75) is 23.4 Å². The highest BCUT2D eigenvalue weighted by Crippen LogP contribution is 2.29. The molecule has 0 radical (unpaired) electrons. The maximum atomic E-state index is 12.1. The van der Waals surface area contributed by atoms with Gasteiger partial charge in [0.2, 0.25) is 5.91 Å². The molecule has 5 nitrogen and oxygen atoms in total. The van der Waals surface area contributed by atoms with Gasteiger partial charge >= 0.3 is 0 Å². The van der Waals surface area contributed by atoms with E-state index in [1.54, 1.807) is 25.3 Å². The summed E-state index contributed by atoms with van der Waals surface area (Å²) in [7, 11) is 1.54. The van der Waals surface area contributed by atoms with Crippen LogP contribution in [0.3, 0.4) is 0 Å². The average Bonchev–Trinajstić information content (AvgIpc) is 2.84. The molecule has 1 atom stereocenters. The summed E-state index contributed by atoms with van der Waals surface area (Å²) < 4.78 is 5.85. The van der Waals surface area contributed by atoms with Gasteiger partial charge in [0.1, 0.15) is 10.8 Å². The van der Waals surface area contributed by atoms with E-state index in [1.807, 2.05) is 13.8 Å². The second-order valence-corrected chi connectivity index (χ2v) is 7.36. The maximum Gasteiger partial charge on any atom is 0.237 e. The van der Waals surface area contributed by atoms with Gasteiger partial charge in [-0.05, 0) is 32.0 Å². The Hall–Kier alpha value is -1.31. The number of anilines is 1. The third-order valence-electron chi connectivity index (χ3n) is 2.57. The quantitative estimate of drug-likeness (QED) is 0.840. The Morgan fingerprint density at radius 1 is 1.48 bits per heavy atom. The van der Waals surface area contributed by atoms with E-state index in [0.717, 1.165) is 9.35 Å². The third kappa shape index (κ3) is 4.33. The number of aromatic nitrogens is 2. The zero-order valence-electron chi connectivity index (χ0n) is 11.7. The Balaban J connectivity index is 1.98. The summed E-state index contributed by atoms with van der Waals surface area (Å²) in [6.45, 7) is 3.70. The van der Waals surface area contributed by atoms with E-state index < -0.39 is 0 Å². The number of nitrogens with one attached hydrogen (secondary N) is 1. The summed E-state index contributed by atoms with van der Waals surface area (Å²) in [5.74, 6) is 0.454. The highest BCUT2D eigenvalue weighted by Gasteiger charge is 2.17. The first kappa shape index (κ1) is 16.1. The number of methoxy groups -OCH3 is 1. The van der Waals surface area contributed by atoms with Gasteiger partial charge in [-0.25, -0.2) is 0 Å². The molecule has 0 aliphatic heterocycles. The van der Waals surface area contributed by atoms with Gasteiger partial charge in [0.25, 0.3) is 0 Å². The molecule has 8 heteroatoms. The molecule has 0 saturated heterocycles. The van der Waals surface area contributed by atoms with Crippen molar-refractivity contribution < 1.29 is 9.53 Å². The molecule has 1 aromatic heterocycles. The molecule has 0 aliphatic carbocycles. The molecule has 1 heterocycles. The largest absolute Gasteiger partial charge is 0.495 e. The number of hydrogen-bond acceptors (Lipinski definition) is 6. The first-order chi connectivity index (χ1) is 9.99. The summed E-state index contributed by atoms with van der Waals surface area (Å²) in [6.07, 6.45) is 0. The standard InChI is InChI=1S/C13H14ClN3O2S2/c1-7(20-13-17-16-8(2)21-13)12(18)15-9-4-5-11(19-3)10(14)6-9/h4-7H,1-3H3,(H,15,18)/t7-/m1/s1. The number of carbonyl (C=O) groups excluding carboxylic acids is 1. The van der Waals surface area contributed by atoms with Crippen LogP contribution in [-0.2, 0) is 4.79 Å². The van der Waals surface area contributed by atoms with Crippen LogP contribution in [0, 0.1) is 6.92 Å². The lowest BCUT2D eigenvalue weighted by atomic mass is 10.3. The fourth-order valence-corrected chi connectivity index (χ4v) is 3.74. The van der Waals surface area contributed by atoms with Crippen molar-refractivity contribution in [2.24, 2.45) is 0 Å². The normalized spacial score (nSPS) is 12.0. The van der Waals surface area contributed by atoms with Crippen molar-refractivity contribution in [2.75, 3.05) is 12.4 Å². The number of nitrogens with zero attached hydrogens (tertiary/aromatic N) is 2. The molecule has 2 aromatic rings. The number of aryl methyl sites for hydroxylation is 1. The van der Waals surface area contributed by atoms with Crippen molar-refractivity contribution in [1.82, 2.24) is 10.2 Å². The number of ether oxygens (including phenoxy) is 1. The van der Waals surface area contributed by atoms with Gasteiger partial charge in [0, 0.05) is 5.69 Å². The fourth-order valence-electron chi connectivity index (χ4n) is 1.52. The predicted molar refractivity (Wildman–Crippen MR) is 86.6 cm³/mol. The van der Waals surface area contributed by atoms with Gasteiger partial charge < -0.3 is 10.1 Å². The monoisotopic (exact) mass is 343 g/mol. The molecule has 0 spiro atoms. The predicted octanol–water partition coefficient (Wildman–Crippen LogP) is 3.63. The number of amides is 1. The van der Waals surface area contributed by atoms with Gasteiger partial charge in [0.15, 0.2) is 4.34 Å². The van der Waals surface area contributed by atoms with Gasteiger partial charge in [0.05, 0.1) is 17.4 Å². The van der Waals surface area contributed by atoms with Gasteiger partial charge in [-0.15, -0.1) is 10.2 Å². The van der Waals surface area contributed by atoms with Crippen LogP contribution < -0.4 is 10.1 Å². The molecule has 21 heavy (non-hydrogen) atoms. The molecule has 112 valence electrons. The number of hydrogen-bond donors (Lipinski definition) is 1. The van der Waals surface area contributed by atoms with Crippen molar-refractivity contribution in [3.05, 3.63) is 28.2 Å². The van der Waals surface area contributed by atoms with Gasteiger partial charge in [-0.1, -0.05) is 34.7 Å². The van der Waals surface area contributed by atoms with E-state index >= 15 is 0 Å². The molecule has 0 unspecified atom stereocenters. The van der Waals surface area contributed by atoms with Crippen LogP contribution in [0.15, 0.2) is 22.5 Å². The number of rotatable bonds is 5. The molecule has 1 N–H and O–H groups in total. The summed E-state index contributed by atoms with van der Waals surface area (Å²) in [5.41, 5.74) is 0.631. The Morgan fingerprint density at radius 3 is 2.81 bits per heavy atom. The Labute approximate surface area is 136 Å². The van der Waals surface area contributed by atoms with Crippen LogP contribution in [0.25, 0.3) is 0 Å². The molecule has 0 fully saturated rings. The summed E-state index contributed by atoms with van der Waals surface area (Å²) in [6, 6.07) is 5.11. The molecule has 2 rings (SSSR count). The van der Waals surface area contributed by atoms with Crippen molar-refractivity contribution in [3.8, 4) is 5.75 Å². The van der Waals surface area contributed by atoms with Crippen LogP contribution in [-0.4, -0.2) is 28.5 Å². The van der Waals surface area contributed by atoms with Crippen molar-refractivity contribution in [1.29, 1.82) is 0 Å². The van der Waals surface area contributed by atoms with E-state index in [4.69, 9.17) is 16.3 Å². The zero-order valence-corrected chi connectivity index (χ0v) is 14.1. The molecule has 1 aromatic carbocycles. The van der Waals surface area contributed by atoms with E-state index in [-0.39, 0.29) is 11.2 Å². The van der Waals surface area contributed by atoms with Crippen LogP contribution in [0.4, 0.5) is 5.69 Å². The third-order valence-corrected chi connectivity index (χ3v) is 4.89. The number of halogens is 1. The van der Waals surface area contributed by atoms with Crippen molar-refractivity contribution >= 4 is 46.3 Å². The number of carbonyl (C=O) groups is 1. The molecule has 0 aliphatic rings. The van der Waals surface area contributed by atoms with Crippen LogP contribution in [0.2, 0.25) is 5.02 Å². The Bertz CT molecular complexity index is 648. The second kappa shape index (κ2) is 7.11.